The summed E-state index contributed by atoms with van der Waals surface area (Å²) in [6.07, 6.45) is 6.97. The van der Waals surface area contributed by atoms with Crippen molar-refractivity contribution in [2.24, 2.45) is 0 Å². The third-order valence-corrected chi connectivity index (χ3v) is 4.49. The average Bonchev–Trinajstić information content (AvgIpc) is 3.24. The van der Waals surface area contributed by atoms with Crippen molar-refractivity contribution in [3.63, 3.8) is 0 Å². The van der Waals surface area contributed by atoms with E-state index in [1.807, 2.05) is 35.0 Å². The summed E-state index contributed by atoms with van der Waals surface area (Å²) < 4.78 is 17.2. The van der Waals surface area contributed by atoms with E-state index in [9.17, 15) is 9.18 Å². The van der Waals surface area contributed by atoms with Crippen molar-refractivity contribution in [3.8, 4) is 0 Å². The Morgan fingerprint density at radius 1 is 1.19 bits per heavy atom. The van der Waals surface area contributed by atoms with Gasteiger partial charge in [0.1, 0.15) is 11.5 Å². The summed E-state index contributed by atoms with van der Waals surface area (Å²) in [6, 6.07) is 7.94. The van der Waals surface area contributed by atoms with Crippen molar-refractivity contribution >= 4 is 40.4 Å². The minimum atomic E-state index is -0.714. The molecule has 27 heavy (non-hydrogen) atoms. The SMILES string of the molecule is O=C(Nc1cnn(Cc2cn3ccccc3n2)c1)c1cc(F)c(Cl)cc1Cl. The van der Waals surface area contributed by atoms with Gasteiger partial charge in [-0.15, -0.1) is 0 Å². The lowest BCUT2D eigenvalue weighted by Crippen LogP contribution is -2.12. The average molecular weight is 404 g/mol. The fourth-order valence-corrected chi connectivity index (χ4v) is 3.11. The van der Waals surface area contributed by atoms with Crippen LogP contribution in [-0.4, -0.2) is 25.1 Å². The number of hydrogen-bond acceptors (Lipinski definition) is 3. The van der Waals surface area contributed by atoms with Crippen LogP contribution in [0.15, 0.2) is 55.1 Å². The number of rotatable bonds is 4. The number of amides is 1. The minimum absolute atomic E-state index is 0.00772. The second kappa shape index (κ2) is 7.02. The molecule has 0 aliphatic carbocycles. The Kier molecular flexibility index (Phi) is 4.55. The zero-order valence-corrected chi connectivity index (χ0v) is 15.2. The molecule has 4 rings (SSSR count). The summed E-state index contributed by atoms with van der Waals surface area (Å²) in [7, 11) is 0. The number of hydrogen-bond donors (Lipinski definition) is 1. The molecule has 0 aliphatic heterocycles. The number of anilines is 1. The molecule has 0 spiro atoms. The highest BCUT2D eigenvalue weighted by molar-refractivity contribution is 6.37. The van der Waals surface area contributed by atoms with E-state index >= 15 is 0 Å². The van der Waals surface area contributed by atoms with Gasteiger partial charge >= 0.3 is 0 Å². The molecule has 3 heterocycles. The minimum Gasteiger partial charge on any atom is -0.319 e. The summed E-state index contributed by atoms with van der Waals surface area (Å²) >= 11 is 11.6. The van der Waals surface area contributed by atoms with Crippen molar-refractivity contribution in [1.29, 1.82) is 0 Å². The quantitative estimate of drug-likeness (QED) is 0.517. The maximum Gasteiger partial charge on any atom is 0.257 e. The van der Waals surface area contributed by atoms with E-state index in [0.29, 0.717) is 12.2 Å². The molecule has 9 heteroatoms. The van der Waals surface area contributed by atoms with Crippen LogP contribution in [0.3, 0.4) is 0 Å². The van der Waals surface area contributed by atoms with Crippen LogP contribution in [0, 0.1) is 5.82 Å². The third-order valence-electron chi connectivity index (χ3n) is 3.88. The van der Waals surface area contributed by atoms with Crippen LogP contribution in [0.25, 0.3) is 5.65 Å². The molecule has 0 aliphatic rings. The molecule has 3 aromatic heterocycles. The Morgan fingerprint density at radius 2 is 2.04 bits per heavy atom. The normalized spacial score (nSPS) is 11.1. The number of carbonyl (C=O) groups excluding carboxylic acids is 1. The van der Waals surface area contributed by atoms with E-state index < -0.39 is 11.7 Å². The fourth-order valence-electron chi connectivity index (χ4n) is 2.64. The van der Waals surface area contributed by atoms with Crippen LogP contribution in [-0.2, 0) is 6.54 Å². The molecule has 1 amide bonds. The zero-order valence-electron chi connectivity index (χ0n) is 13.7. The number of benzene rings is 1. The molecule has 0 bridgehead atoms. The van der Waals surface area contributed by atoms with Crippen molar-refractivity contribution in [3.05, 3.63) is 82.2 Å². The van der Waals surface area contributed by atoms with Gasteiger partial charge in [-0.1, -0.05) is 29.3 Å². The Balaban J connectivity index is 1.49. The Bertz CT molecular complexity index is 1120. The summed E-state index contributed by atoms with van der Waals surface area (Å²) in [5, 5.41) is 6.77. The van der Waals surface area contributed by atoms with Crippen LogP contribution in [0.5, 0.6) is 0 Å². The predicted octanol–water partition coefficient (Wildman–Crippen LogP) is 4.28. The molecule has 4 aromatic rings. The lowest BCUT2D eigenvalue weighted by Gasteiger charge is -2.06. The topological polar surface area (TPSA) is 64.2 Å². The van der Waals surface area contributed by atoms with E-state index in [1.54, 1.807) is 10.9 Å². The van der Waals surface area contributed by atoms with Crippen molar-refractivity contribution < 1.29 is 9.18 Å². The third kappa shape index (κ3) is 3.65. The second-order valence-electron chi connectivity index (χ2n) is 5.83. The van der Waals surface area contributed by atoms with Gasteiger partial charge in [-0.25, -0.2) is 9.37 Å². The summed E-state index contributed by atoms with van der Waals surface area (Å²) in [4.78, 5) is 16.8. The lowest BCUT2D eigenvalue weighted by molar-refractivity contribution is 0.102. The molecule has 1 aromatic carbocycles. The number of nitrogens with one attached hydrogen (secondary N) is 1. The number of aromatic nitrogens is 4. The van der Waals surface area contributed by atoms with E-state index in [-0.39, 0.29) is 15.6 Å². The number of nitrogens with zero attached hydrogens (tertiary/aromatic N) is 4. The highest BCUT2D eigenvalue weighted by Crippen LogP contribution is 2.25. The van der Waals surface area contributed by atoms with Crippen LogP contribution < -0.4 is 5.32 Å². The smallest absolute Gasteiger partial charge is 0.257 e. The van der Waals surface area contributed by atoms with Crippen molar-refractivity contribution in [2.45, 2.75) is 6.54 Å². The molecule has 6 nitrogen and oxygen atoms in total. The van der Waals surface area contributed by atoms with Gasteiger partial charge in [0.25, 0.3) is 5.91 Å². The molecule has 0 saturated carbocycles. The lowest BCUT2D eigenvalue weighted by atomic mass is 10.2. The first-order valence-electron chi connectivity index (χ1n) is 7.90. The largest absolute Gasteiger partial charge is 0.319 e. The first-order chi connectivity index (χ1) is 13.0. The Hall–Kier alpha value is -2.90. The molecule has 0 atom stereocenters. The van der Waals surface area contributed by atoms with E-state index in [4.69, 9.17) is 23.2 Å². The maximum atomic E-state index is 13.6. The summed E-state index contributed by atoms with van der Waals surface area (Å²) in [5.74, 6) is -1.27. The monoisotopic (exact) mass is 403 g/mol. The zero-order chi connectivity index (χ0) is 19.0. The molecular weight excluding hydrogens is 392 g/mol. The molecule has 1 N–H and O–H groups in total. The van der Waals surface area contributed by atoms with Gasteiger partial charge in [-0.05, 0) is 24.3 Å². The van der Waals surface area contributed by atoms with Gasteiger partial charge in [0.15, 0.2) is 0 Å². The standard InChI is InChI=1S/C18H12Cl2FN5O/c19-14-6-15(20)16(21)5-13(14)18(27)24-11-7-22-26(9-11)10-12-8-25-4-2-1-3-17(25)23-12/h1-9H,10H2,(H,24,27). The Morgan fingerprint density at radius 3 is 2.85 bits per heavy atom. The number of fused-ring (bicyclic) bond motifs is 1. The second-order valence-corrected chi connectivity index (χ2v) is 6.64. The van der Waals surface area contributed by atoms with Crippen LogP contribution >= 0.6 is 23.2 Å². The van der Waals surface area contributed by atoms with Gasteiger partial charge in [-0.3, -0.25) is 9.48 Å². The molecule has 0 radical (unpaired) electrons. The van der Waals surface area contributed by atoms with Crippen LogP contribution in [0.4, 0.5) is 10.1 Å². The van der Waals surface area contributed by atoms with Gasteiger partial charge in [-0.2, -0.15) is 5.10 Å². The first kappa shape index (κ1) is 17.5. The molecule has 0 fully saturated rings. The van der Waals surface area contributed by atoms with Gasteiger partial charge in [0.05, 0.1) is 39.7 Å². The number of pyridine rings is 1. The Labute approximate surface area is 163 Å². The summed E-state index contributed by atoms with van der Waals surface area (Å²) in [6.45, 7) is 0.438. The molecule has 0 unspecified atom stereocenters. The molecule has 0 saturated heterocycles. The van der Waals surface area contributed by atoms with E-state index in [1.165, 1.54) is 12.3 Å². The van der Waals surface area contributed by atoms with E-state index in [2.05, 4.69) is 15.4 Å². The molecular formula is C18H12Cl2FN5O. The number of halogens is 3. The van der Waals surface area contributed by atoms with Crippen LogP contribution in [0.2, 0.25) is 10.0 Å². The van der Waals surface area contributed by atoms with Gasteiger partial charge < -0.3 is 9.72 Å². The van der Waals surface area contributed by atoms with Crippen molar-refractivity contribution in [1.82, 2.24) is 19.2 Å². The highest BCUT2D eigenvalue weighted by atomic mass is 35.5. The number of imidazole rings is 1. The molecule has 136 valence electrons. The summed E-state index contributed by atoms with van der Waals surface area (Å²) in [5.41, 5.74) is 2.11. The highest BCUT2D eigenvalue weighted by Gasteiger charge is 2.15. The van der Waals surface area contributed by atoms with Crippen molar-refractivity contribution in [2.75, 3.05) is 5.32 Å². The fraction of sp³-hybridized carbons (Fsp3) is 0.0556. The predicted molar refractivity (Wildman–Crippen MR) is 101 cm³/mol. The van der Waals surface area contributed by atoms with Crippen LogP contribution in [0.1, 0.15) is 16.1 Å². The first-order valence-corrected chi connectivity index (χ1v) is 8.66. The van der Waals surface area contributed by atoms with Gasteiger partial charge in [0.2, 0.25) is 0 Å². The number of carbonyl (C=O) groups is 1. The maximum absolute atomic E-state index is 13.6. The van der Waals surface area contributed by atoms with Gasteiger partial charge in [0, 0.05) is 18.6 Å². The van der Waals surface area contributed by atoms with E-state index in [0.717, 1.165) is 17.4 Å².